The Morgan fingerprint density at radius 1 is 1.10 bits per heavy atom. The van der Waals surface area contributed by atoms with Gasteiger partial charge < -0.3 is 5.11 Å². The summed E-state index contributed by atoms with van der Waals surface area (Å²) in [4.78, 5) is 13.0. The first-order valence-corrected chi connectivity index (χ1v) is 6.87. The number of carbonyl (C=O) groups is 1. The lowest BCUT2D eigenvalue weighted by Crippen LogP contribution is -2.17. The van der Waals surface area contributed by atoms with Gasteiger partial charge in [0.1, 0.15) is 0 Å². The molecule has 0 unspecified atom stereocenters. The standard InChI is InChI=1S/C18H19NO2/c1-19(13-5-8-15-6-3-2-4-7-15)14-16-9-11-17(12-10-16)18(20)21/h2-12H,13-14H2,1H3,(H,20,21)/b8-5+. The predicted octanol–water partition coefficient (Wildman–Crippen LogP) is 3.53. The highest BCUT2D eigenvalue weighted by Gasteiger charge is 2.03. The number of carboxylic acid groups (broad SMARTS) is 1. The molecule has 0 amide bonds. The molecule has 0 aliphatic carbocycles. The summed E-state index contributed by atoms with van der Waals surface area (Å²) in [6.45, 7) is 1.63. The number of rotatable bonds is 6. The van der Waals surface area contributed by atoms with Crippen molar-refractivity contribution in [1.82, 2.24) is 4.90 Å². The van der Waals surface area contributed by atoms with Crippen LogP contribution < -0.4 is 0 Å². The average Bonchev–Trinajstić information content (AvgIpc) is 2.49. The molecule has 0 atom stereocenters. The third kappa shape index (κ3) is 4.89. The van der Waals surface area contributed by atoms with E-state index in [0.717, 1.165) is 18.7 Å². The van der Waals surface area contributed by atoms with Crippen molar-refractivity contribution in [1.29, 1.82) is 0 Å². The van der Waals surface area contributed by atoms with E-state index in [-0.39, 0.29) is 0 Å². The number of hydrogen-bond donors (Lipinski definition) is 1. The molecule has 2 aromatic carbocycles. The van der Waals surface area contributed by atoms with E-state index in [2.05, 4.69) is 29.2 Å². The van der Waals surface area contributed by atoms with Crippen LogP contribution in [0.25, 0.3) is 6.08 Å². The van der Waals surface area contributed by atoms with Crippen LogP contribution in [0.4, 0.5) is 0 Å². The van der Waals surface area contributed by atoms with Gasteiger partial charge in [-0.2, -0.15) is 0 Å². The Balaban J connectivity index is 1.85. The molecule has 0 aliphatic rings. The van der Waals surface area contributed by atoms with E-state index in [1.54, 1.807) is 12.1 Å². The minimum atomic E-state index is -0.888. The SMILES string of the molecule is CN(C/C=C/c1ccccc1)Cc1ccc(C(=O)O)cc1. The number of carboxylic acids is 1. The Morgan fingerprint density at radius 2 is 1.76 bits per heavy atom. The zero-order valence-corrected chi connectivity index (χ0v) is 12.1. The van der Waals surface area contributed by atoms with Gasteiger partial charge in [0.05, 0.1) is 5.56 Å². The van der Waals surface area contributed by atoms with E-state index in [4.69, 9.17) is 5.11 Å². The first-order chi connectivity index (χ1) is 10.1. The van der Waals surface area contributed by atoms with E-state index in [0.29, 0.717) is 5.56 Å². The Kier molecular flexibility index (Phi) is 5.29. The lowest BCUT2D eigenvalue weighted by Gasteiger charge is -2.14. The third-order valence-electron chi connectivity index (χ3n) is 3.18. The number of nitrogens with zero attached hydrogens (tertiary/aromatic N) is 1. The van der Waals surface area contributed by atoms with Crippen molar-refractivity contribution in [3.63, 3.8) is 0 Å². The molecule has 3 nitrogen and oxygen atoms in total. The van der Waals surface area contributed by atoms with Gasteiger partial charge >= 0.3 is 5.97 Å². The lowest BCUT2D eigenvalue weighted by molar-refractivity contribution is 0.0697. The van der Waals surface area contributed by atoms with E-state index >= 15 is 0 Å². The Labute approximate surface area is 125 Å². The molecule has 0 radical (unpaired) electrons. The first kappa shape index (κ1) is 15.0. The molecule has 2 rings (SSSR count). The zero-order valence-electron chi connectivity index (χ0n) is 12.1. The monoisotopic (exact) mass is 281 g/mol. The highest BCUT2D eigenvalue weighted by Crippen LogP contribution is 2.07. The molecular formula is C18H19NO2. The van der Waals surface area contributed by atoms with Gasteiger partial charge in [-0.3, -0.25) is 4.90 Å². The van der Waals surface area contributed by atoms with E-state index in [1.807, 2.05) is 37.4 Å². The minimum absolute atomic E-state index is 0.324. The Morgan fingerprint density at radius 3 is 2.38 bits per heavy atom. The number of hydrogen-bond acceptors (Lipinski definition) is 2. The first-order valence-electron chi connectivity index (χ1n) is 6.87. The quantitative estimate of drug-likeness (QED) is 0.880. The summed E-state index contributed by atoms with van der Waals surface area (Å²) >= 11 is 0. The van der Waals surface area contributed by atoms with Crippen LogP contribution >= 0.6 is 0 Å². The van der Waals surface area contributed by atoms with Crippen molar-refractivity contribution >= 4 is 12.0 Å². The molecule has 0 saturated heterocycles. The molecule has 108 valence electrons. The molecule has 3 heteroatoms. The second-order valence-corrected chi connectivity index (χ2v) is 5.01. The normalized spacial score (nSPS) is 11.1. The molecule has 1 N–H and O–H groups in total. The van der Waals surface area contributed by atoms with E-state index in [9.17, 15) is 4.79 Å². The van der Waals surface area contributed by atoms with Crippen LogP contribution in [0.1, 0.15) is 21.5 Å². The van der Waals surface area contributed by atoms with Gasteiger partial charge in [0.2, 0.25) is 0 Å². The zero-order chi connectivity index (χ0) is 15.1. The van der Waals surface area contributed by atoms with Crippen LogP contribution in [0.5, 0.6) is 0 Å². The fourth-order valence-corrected chi connectivity index (χ4v) is 2.06. The molecule has 0 heterocycles. The topological polar surface area (TPSA) is 40.5 Å². The second-order valence-electron chi connectivity index (χ2n) is 5.01. The highest BCUT2D eigenvalue weighted by molar-refractivity contribution is 5.87. The van der Waals surface area contributed by atoms with Crippen molar-refractivity contribution < 1.29 is 9.90 Å². The lowest BCUT2D eigenvalue weighted by atomic mass is 10.1. The fraction of sp³-hybridized carbons (Fsp3) is 0.167. The molecule has 2 aromatic rings. The van der Waals surface area contributed by atoms with Crippen molar-refractivity contribution in [2.45, 2.75) is 6.54 Å². The maximum Gasteiger partial charge on any atom is 0.335 e. The minimum Gasteiger partial charge on any atom is -0.478 e. The second kappa shape index (κ2) is 7.41. The van der Waals surface area contributed by atoms with Crippen LogP contribution in [0.15, 0.2) is 60.7 Å². The summed E-state index contributed by atoms with van der Waals surface area (Å²) in [5, 5.41) is 8.86. The summed E-state index contributed by atoms with van der Waals surface area (Å²) in [6.07, 6.45) is 4.23. The van der Waals surface area contributed by atoms with Crippen molar-refractivity contribution in [2.75, 3.05) is 13.6 Å². The van der Waals surface area contributed by atoms with Crippen LogP contribution in [-0.2, 0) is 6.54 Å². The molecule has 0 saturated carbocycles. The Hall–Kier alpha value is -2.39. The molecule has 0 spiro atoms. The maximum atomic E-state index is 10.8. The average molecular weight is 281 g/mol. The predicted molar refractivity (Wildman–Crippen MR) is 85.2 cm³/mol. The van der Waals surface area contributed by atoms with Crippen molar-refractivity contribution in [2.24, 2.45) is 0 Å². The van der Waals surface area contributed by atoms with Crippen LogP contribution in [-0.4, -0.2) is 29.6 Å². The van der Waals surface area contributed by atoms with Crippen LogP contribution in [0.2, 0.25) is 0 Å². The maximum absolute atomic E-state index is 10.8. The van der Waals surface area contributed by atoms with E-state index < -0.39 is 5.97 Å². The molecule has 0 aliphatic heterocycles. The number of aromatic carboxylic acids is 1. The Bertz CT molecular complexity index is 603. The van der Waals surface area contributed by atoms with Gasteiger partial charge in [-0.05, 0) is 30.3 Å². The summed E-state index contributed by atoms with van der Waals surface area (Å²) < 4.78 is 0. The smallest absolute Gasteiger partial charge is 0.335 e. The van der Waals surface area contributed by atoms with Crippen LogP contribution in [0, 0.1) is 0 Å². The van der Waals surface area contributed by atoms with Crippen molar-refractivity contribution in [3.05, 3.63) is 77.4 Å². The summed E-state index contributed by atoms with van der Waals surface area (Å²) in [5.74, 6) is -0.888. The van der Waals surface area contributed by atoms with Gasteiger partial charge in [-0.1, -0.05) is 54.6 Å². The molecule has 0 fully saturated rings. The fourth-order valence-electron chi connectivity index (χ4n) is 2.06. The summed E-state index contributed by atoms with van der Waals surface area (Å²) in [5.41, 5.74) is 2.62. The molecule has 0 bridgehead atoms. The van der Waals surface area contributed by atoms with E-state index in [1.165, 1.54) is 5.56 Å². The van der Waals surface area contributed by atoms with Gasteiger partial charge in [0, 0.05) is 13.1 Å². The highest BCUT2D eigenvalue weighted by atomic mass is 16.4. The number of likely N-dealkylation sites (N-methyl/N-ethyl adjacent to an activating group) is 1. The largest absolute Gasteiger partial charge is 0.478 e. The van der Waals surface area contributed by atoms with Gasteiger partial charge in [0.15, 0.2) is 0 Å². The van der Waals surface area contributed by atoms with Gasteiger partial charge in [0.25, 0.3) is 0 Å². The van der Waals surface area contributed by atoms with Gasteiger partial charge in [-0.15, -0.1) is 0 Å². The van der Waals surface area contributed by atoms with Crippen LogP contribution in [0.3, 0.4) is 0 Å². The summed E-state index contributed by atoms with van der Waals surface area (Å²) in [7, 11) is 2.04. The third-order valence-corrected chi connectivity index (χ3v) is 3.18. The van der Waals surface area contributed by atoms with Gasteiger partial charge in [-0.25, -0.2) is 4.79 Å². The molecular weight excluding hydrogens is 262 g/mol. The summed E-state index contributed by atoms with van der Waals surface area (Å²) in [6, 6.07) is 17.2. The number of benzene rings is 2. The molecule has 0 aromatic heterocycles. The van der Waals surface area contributed by atoms with Crippen molar-refractivity contribution in [3.8, 4) is 0 Å². The molecule has 21 heavy (non-hydrogen) atoms.